The number of nitrogens with zero attached hydrogens (tertiary/aromatic N) is 1. The zero-order chi connectivity index (χ0) is 15.1. The smallest absolute Gasteiger partial charge is 0.119 e. The zero-order valence-electron chi connectivity index (χ0n) is 12.8. The molecule has 1 saturated heterocycles. The number of ether oxygens (including phenoxy) is 1. The average molecular weight is 356 g/mol. The maximum atomic E-state index is 9.28. The van der Waals surface area contributed by atoms with Gasteiger partial charge in [0.15, 0.2) is 0 Å². The van der Waals surface area contributed by atoms with Gasteiger partial charge in [0, 0.05) is 4.47 Å². The summed E-state index contributed by atoms with van der Waals surface area (Å²) in [7, 11) is 0. The highest BCUT2D eigenvalue weighted by Crippen LogP contribution is 2.21. The third-order valence-electron chi connectivity index (χ3n) is 4.10. The van der Waals surface area contributed by atoms with Gasteiger partial charge in [0.1, 0.15) is 5.75 Å². The Kier molecular flexibility index (Phi) is 7.00. The molecule has 1 aliphatic rings. The Morgan fingerprint density at radius 3 is 2.57 bits per heavy atom. The number of piperidine rings is 1. The van der Waals surface area contributed by atoms with E-state index in [9.17, 15) is 5.11 Å². The van der Waals surface area contributed by atoms with Crippen LogP contribution in [0.1, 0.15) is 32.6 Å². The fourth-order valence-electron chi connectivity index (χ4n) is 2.73. The van der Waals surface area contributed by atoms with Crippen molar-refractivity contribution in [3.05, 3.63) is 28.7 Å². The molecule has 0 bridgehead atoms. The lowest BCUT2D eigenvalue weighted by Gasteiger charge is -2.31. The Hall–Kier alpha value is -0.580. The van der Waals surface area contributed by atoms with Crippen molar-refractivity contribution in [2.45, 2.75) is 38.7 Å². The van der Waals surface area contributed by atoms with Gasteiger partial charge in [0.05, 0.1) is 12.7 Å². The predicted octanol–water partition coefficient (Wildman–Crippen LogP) is 3.70. The van der Waals surface area contributed by atoms with Crippen molar-refractivity contribution in [1.82, 2.24) is 4.90 Å². The van der Waals surface area contributed by atoms with Crippen LogP contribution in [0.4, 0.5) is 0 Å². The van der Waals surface area contributed by atoms with E-state index in [2.05, 4.69) is 20.8 Å². The predicted molar refractivity (Wildman–Crippen MR) is 89.7 cm³/mol. The van der Waals surface area contributed by atoms with Crippen LogP contribution in [0.5, 0.6) is 5.75 Å². The summed E-state index contributed by atoms with van der Waals surface area (Å²) in [4.78, 5) is 2.51. The molecule has 3 nitrogen and oxygen atoms in total. The van der Waals surface area contributed by atoms with E-state index in [-0.39, 0.29) is 6.10 Å². The standard InChI is InChI=1S/C17H26BrNO2/c1-14(20)3-2-10-19-11-8-15(9-12-19)13-21-17-6-4-16(18)5-7-17/h4-7,14-15,20H,2-3,8-13H2,1H3. The van der Waals surface area contributed by atoms with Crippen LogP contribution in [0.3, 0.4) is 0 Å². The van der Waals surface area contributed by atoms with Gasteiger partial charge in [-0.25, -0.2) is 0 Å². The number of aliphatic hydroxyl groups excluding tert-OH is 1. The van der Waals surface area contributed by atoms with Crippen LogP contribution in [-0.2, 0) is 0 Å². The number of aliphatic hydroxyl groups is 1. The van der Waals surface area contributed by atoms with Gasteiger partial charge in [0.2, 0.25) is 0 Å². The molecule has 1 unspecified atom stereocenters. The third-order valence-corrected chi connectivity index (χ3v) is 4.63. The number of hydrogen-bond donors (Lipinski definition) is 1. The summed E-state index contributed by atoms with van der Waals surface area (Å²) < 4.78 is 6.96. The second-order valence-electron chi connectivity index (χ2n) is 6.04. The molecule has 1 aromatic rings. The van der Waals surface area contributed by atoms with Crippen LogP contribution in [0.2, 0.25) is 0 Å². The first-order valence-electron chi connectivity index (χ1n) is 7.92. The summed E-state index contributed by atoms with van der Waals surface area (Å²) in [6.45, 7) is 6.13. The summed E-state index contributed by atoms with van der Waals surface area (Å²) in [5, 5.41) is 9.28. The van der Waals surface area contributed by atoms with E-state index in [1.807, 2.05) is 31.2 Å². The molecule has 0 spiro atoms. The minimum atomic E-state index is -0.165. The molecule has 1 heterocycles. The molecule has 0 aliphatic carbocycles. The SMILES string of the molecule is CC(O)CCCN1CCC(COc2ccc(Br)cc2)CC1. The highest BCUT2D eigenvalue weighted by Gasteiger charge is 2.19. The van der Waals surface area contributed by atoms with Crippen molar-refractivity contribution in [2.24, 2.45) is 5.92 Å². The Bertz CT molecular complexity index is 400. The molecule has 0 radical (unpaired) electrons. The molecule has 2 rings (SSSR count). The summed E-state index contributed by atoms with van der Waals surface area (Å²) >= 11 is 3.43. The average Bonchev–Trinajstić information content (AvgIpc) is 2.48. The van der Waals surface area contributed by atoms with E-state index in [4.69, 9.17) is 4.74 Å². The van der Waals surface area contributed by atoms with Crippen LogP contribution in [0.15, 0.2) is 28.7 Å². The normalized spacial score (nSPS) is 18.6. The van der Waals surface area contributed by atoms with E-state index >= 15 is 0 Å². The number of hydrogen-bond acceptors (Lipinski definition) is 3. The highest BCUT2D eigenvalue weighted by atomic mass is 79.9. The first kappa shape index (κ1) is 16.8. The monoisotopic (exact) mass is 355 g/mol. The summed E-state index contributed by atoms with van der Waals surface area (Å²) in [6, 6.07) is 8.05. The molecule has 118 valence electrons. The molecule has 1 aromatic carbocycles. The van der Waals surface area contributed by atoms with Gasteiger partial charge in [-0.05, 0) is 82.4 Å². The summed E-state index contributed by atoms with van der Waals surface area (Å²) in [6.07, 6.45) is 4.27. The number of halogens is 1. The molecular formula is C17H26BrNO2. The minimum Gasteiger partial charge on any atom is -0.493 e. The van der Waals surface area contributed by atoms with Gasteiger partial charge in [-0.15, -0.1) is 0 Å². The van der Waals surface area contributed by atoms with Crippen LogP contribution in [0.25, 0.3) is 0 Å². The number of benzene rings is 1. The largest absolute Gasteiger partial charge is 0.493 e. The first-order valence-corrected chi connectivity index (χ1v) is 8.71. The fraction of sp³-hybridized carbons (Fsp3) is 0.647. The van der Waals surface area contributed by atoms with E-state index in [1.165, 1.54) is 12.8 Å². The lowest BCUT2D eigenvalue weighted by Crippen LogP contribution is -2.36. The molecule has 1 fully saturated rings. The molecule has 0 saturated carbocycles. The maximum absolute atomic E-state index is 9.28. The maximum Gasteiger partial charge on any atom is 0.119 e. The van der Waals surface area contributed by atoms with E-state index < -0.39 is 0 Å². The second-order valence-corrected chi connectivity index (χ2v) is 6.96. The van der Waals surface area contributed by atoms with Crippen molar-refractivity contribution >= 4 is 15.9 Å². The van der Waals surface area contributed by atoms with E-state index in [1.54, 1.807) is 0 Å². The Balaban J connectivity index is 1.61. The summed E-state index contributed by atoms with van der Waals surface area (Å²) in [5.41, 5.74) is 0. The fourth-order valence-corrected chi connectivity index (χ4v) is 3.00. The van der Waals surface area contributed by atoms with Gasteiger partial charge < -0.3 is 14.7 Å². The van der Waals surface area contributed by atoms with Gasteiger partial charge in [-0.2, -0.15) is 0 Å². The van der Waals surface area contributed by atoms with Crippen LogP contribution in [-0.4, -0.2) is 42.4 Å². The van der Waals surface area contributed by atoms with Crippen molar-refractivity contribution < 1.29 is 9.84 Å². The minimum absolute atomic E-state index is 0.165. The Morgan fingerprint density at radius 1 is 1.29 bits per heavy atom. The quantitative estimate of drug-likeness (QED) is 0.809. The highest BCUT2D eigenvalue weighted by molar-refractivity contribution is 9.10. The molecule has 0 amide bonds. The molecule has 1 aliphatic heterocycles. The number of likely N-dealkylation sites (tertiary alicyclic amines) is 1. The van der Waals surface area contributed by atoms with Gasteiger partial charge in [-0.1, -0.05) is 15.9 Å². The molecule has 4 heteroatoms. The molecule has 1 atom stereocenters. The van der Waals surface area contributed by atoms with E-state index in [0.29, 0.717) is 5.92 Å². The lowest BCUT2D eigenvalue weighted by atomic mass is 9.97. The second kappa shape index (κ2) is 8.76. The first-order chi connectivity index (χ1) is 10.1. The van der Waals surface area contributed by atoms with Crippen molar-refractivity contribution in [3.8, 4) is 5.75 Å². The van der Waals surface area contributed by atoms with Gasteiger partial charge >= 0.3 is 0 Å². The molecule has 1 N–H and O–H groups in total. The Morgan fingerprint density at radius 2 is 1.95 bits per heavy atom. The molecular weight excluding hydrogens is 330 g/mol. The van der Waals surface area contributed by atoms with Crippen molar-refractivity contribution in [3.63, 3.8) is 0 Å². The van der Waals surface area contributed by atoms with Crippen LogP contribution in [0, 0.1) is 5.92 Å². The Labute approximate surface area is 136 Å². The van der Waals surface area contributed by atoms with Gasteiger partial charge in [0.25, 0.3) is 0 Å². The number of rotatable bonds is 7. The molecule has 21 heavy (non-hydrogen) atoms. The zero-order valence-corrected chi connectivity index (χ0v) is 14.4. The molecule has 0 aromatic heterocycles. The van der Waals surface area contributed by atoms with Crippen LogP contribution >= 0.6 is 15.9 Å². The van der Waals surface area contributed by atoms with Crippen molar-refractivity contribution in [1.29, 1.82) is 0 Å². The lowest BCUT2D eigenvalue weighted by molar-refractivity contribution is 0.130. The third kappa shape index (κ3) is 6.37. The van der Waals surface area contributed by atoms with E-state index in [0.717, 1.165) is 49.3 Å². The topological polar surface area (TPSA) is 32.7 Å². The van der Waals surface area contributed by atoms with Crippen LogP contribution < -0.4 is 4.74 Å². The van der Waals surface area contributed by atoms with Crippen molar-refractivity contribution in [2.75, 3.05) is 26.2 Å². The summed E-state index contributed by atoms with van der Waals surface area (Å²) in [5.74, 6) is 1.62. The van der Waals surface area contributed by atoms with Gasteiger partial charge in [-0.3, -0.25) is 0 Å².